The topological polar surface area (TPSA) is 33.3 Å². The second-order valence-electron chi connectivity index (χ2n) is 5.65. The van der Waals surface area contributed by atoms with Crippen molar-refractivity contribution in [2.24, 2.45) is 0 Å². The van der Waals surface area contributed by atoms with Crippen LogP contribution in [0.1, 0.15) is 18.9 Å². The van der Waals surface area contributed by atoms with Gasteiger partial charge in [-0.3, -0.25) is 0 Å². The SMILES string of the molecule is C=CCOc1cccc(NC(=S)NC(C)CCc2ccccc2)c1. The lowest BCUT2D eigenvalue weighted by molar-refractivity contribution is 0.363. The maximum Gasteiger partial charge on any atom is 0.170 e. The second-order valence-corrected chi connectivity index (χ2v) is 6.06. The molecule has 2 aromatic rings. The van der Waals surface area contributed by atoms with Crippen molar-refractivity contribution in [3.05, 3.63) is 72.8 Å². The molecule has 0 aliphatic rings. The first-order valence-corrected chi connectivity index (χ1v) is 8.53. The van der Waals surface area contributed by atoms with Gasteiger partial charge in [0.15, 0.2) is 5.11 Å². The van der Waals surface area contributed by atoms with Gasteiger partial charge in [0, 0.05) is 17.8 Å². The van der Waals surface area contributed by atoms with Gasteiger partial charge < -0.3 is 15.4 Å². The molecular formula is C20H24N2OS. The maximum absolute atomic E-state index is 5.52. The van der Waals surface area contributed by atoms with E-state index in [1.54, 1.807) is 6.08 Å². The van der Waals surface area contributed by atoms with E-state index in [4.69, 9.17) is 17.0 Å². The average molecular weight is 340 g/mol. The normalized spacial score (nSPS) is 11.4. The summed E-state index contributed by atoms with van der Waals surface area (Å²) in [5.74, 6) is 0.792. The number of ether oxygens (including phenoxy) is 1. The van der Waals surface area contributed by atoms with E-state index < -0.39 is 0 Å². The maximum atomic E-state index is 5.52. The van der Waals surface area contributed by atoms with Crippen LogP contribution in [-0.4, -0.2) is 17.8 Å². The fourth-order valence-corrected chi connectivity index (χ4v) is 2.63. The van der Waals surface area contributed by atoms with Gasteiger partial charge in [0.2, 0.25) is 0 Å². The highest BCUT2D eigenvalue weighted by Gasteiger charge is 2.05. The molecule has 0 bridgehead atoms. The molecule has 0 fully saturated rings. The smallest absolute Gasteiger partial charge is 0.170 e. The highest BCUT2D eigenvalue weighted by Crippen LogP contribution is 2.17. The number of hydrogen-bond acceptors (Lipinski definition) is 2. The lowest BCUT2D eigenvalue weighted by Crippen LogP contribution is -2.36. The highest BCUT2D eigenvalue weighted by atomic mass is 32.1. The zero-order valence-electron chi connectivity index (χ0n) is 14.0. The van der Waals surface area contributed by atoms with E-state index in [1.807, 2.05) is 30.3 Å². The summed E-state index contributed by atoms with van der Waals surface area (Å²) in [4.78, 5) is 0. The van der Waals surface area contributed by atoms with Crippen LogP contribution in [0.15, 0.2) is 67.3 Å². The zero-order chi connectivity index (χ0) is 17.2. The third-order valence-corrected chi connectivity index (χ3v) is 3.77. The standard InChI is InChI=1S/C20H24N2OS/c1-3-14-23-19-11-7-10-18(15-19)22-20(24)21-16(2)12-13-17-8-5-4-6-9-17/h3-11,15-16H,1,12-14H2,2H3,(H2,21,22,24). The van der Waals surface area contributed by atoms with Gasteiger partial charge in [-0.25, -0.2) is 0 Å². The summed E-state index contributed by atoms with van der Waals surface area (Å²) in [5.41, 5.74) is 2.25. The highest BCUT2D eigenvalue weighted by molar-refractivity contribution is 7.80. The van der Waals surface area contributed by atoms with E-state index in [-0.39, 0.29) is 0 Å². The molecule has 24 heavy (non-hydrogen) atoms. The Balaban J connectivity index is 1.78. The van der Waals surface area contributed by atoms with E-state index in [0.717, 1.165) is 24.3 Å². The van der Waals surface area contributed by atoms with Gasteiger partial charge in [-0.1, -0.05) is 49.1 Å². The third-order valence-electron chi connectivity index (χ3n) is 3.55. The zero-order valence-corrected chi connectivity index (χ0v) is 14.8. The number of anilines is 1. The number of aryl methyl sites for hydroxylation is 1. The van der Waals surface area contributed by atoms with Crippen LogP contribution in [-0.2, 0) is 6.42 Å². The van der Waals surface area contributed by atoms with E-state index in [1.165, 1.54) is 5.56 Å². The number of benzene rings is 2. The molecule has 0 saturated heterocycles. The van der Waals surface area contributed by atoms with Gasteiger partial charge in [-0.2, -0.15) is 0 Å². The molecule has 0 aliphatic carbocycles. The molecule has 0 saturated carbocycles. The Bertz CT molecular complexity index is 658. The molecular weight excluding hydrogens is 316 g/mol. The summed E-state index contributed by atoms with van der Waals surface area (Å²) in [5, 5.41) is 7.15. The lowest BCUT2D eigenvalue weighted by Gasteiger charge is -2.17. The van der Waals surface area contributed by atoms with Crippen LogP contribution >= 0.6 is 12.2 Å². The summed E-state index contributed by atoms with van der Waals surface area (Å²) in [6, 6.07) is 18.5. The summed E-state index contributed by atoms with van der Waals surface area (Å²) >= 11 is 5.39. The van der Waals surface area contributed by atoms with Crippen molar-refractivity contribution in [3.63, 3.8) is 0 Å². The minimum Gasteiger partial charge on any atom is -0.489 e. The van der Waals surface area contributed by atoms with Crippen molar-refractivity contribution in [2.75, 3.05) is 11.9 Å². The van der Waals surface area contributed by atoms with Crippen molar-refractivity contribution in [1.29, 1.82) is 0 Å². The van der Waals surface area contributed by atoms with E-state index in [0.29, 0.717) is 17.8 Å². The molecule has 1 atom stereocenters. The second kappa shape index (κ2) is 9.73. The van der Waals surface area contributed by atoms with Gasteiger partial charge in [0.1, 0.15) is 12.4 Å². The summed E-state index contributed by atoms with van der Waals surface area (Å²) < 4.78 is 5.52. The van der Waals surface area contributed by atoms with Gasteiger partial charge >= 0.3 is 0 Å². The van der Waals surface area contributed by atoms with Gasteiger partial charge in [0.05, 0.1) is 0 Å². The van der Waals surface area contributed by atoms with E-state index in [2.05, 4.69) is 48.4 Å². The van der Waals surface area contributed by atoms with Crippen molar-refractivity contribution >= 4 is 23.0 Å². The van der Waals surface area contributed by atoms with Crippen molar-refractivity contribution in [3.8, 4) is 5.75 Å². The van der Waals surface area contributed by atoms with Crippen LogP contribution in [0.5, 0.6) is 5.75 Å². The molecule has 2 aromatic carbocycles. The number of rotatable bonds is 8. The van der Waals surface area contributed by atoms with Crippen LogP contribution in [0, 0.1) is 0 Å². The predicted molar refractivity (Wildman–Crippen MR) is 106 cm³/mol. The number of nitrogens with one attached hydrogen (secondary N) is 2. The quantitative estimate of drug-likeness (QED) is 0.545. The Morgan fingerprint density at radius 1 is 1.21 bits per heavy atom. The molecule has 4 heteroatoms. The largest absolute Gasteiger partial charge is 0.489 e. The lowest BCUT2D eigenvalue weighted by atomic mass is 10.1. The Hall–Kier alpha value is -2.33. The average Bonchev–Trinajstić information content (AvgIpc) is 2.59. The van der Waals surface area contributed by atoms with Crippen molar-refractivity contribution in [1.82, 2.24) is 5.32 Å². The molecule has 2 N–H and O–H groups in total. The minimum absolute atomic E-state index is 0.297. The molecule has 126 valence electrons. The Morgan fingerprint density at radius 3 is 2.75 bits per heavy atom. The fourth-order valence-electron chi connectivity index (χ4n) is 2.31. The summed E-state index contributed by atoms with van der Waals surface area (Å²) in [6.45, 7) is 6.28. The molecule has 1 unspecified atom stereocenters. The fraction of sp³-hybridized carbons (Fsp3) is 0.250. The molecule has 0 aliphatic heterocycles. The van der Waals surface area contributed by atoms with Crippen LogP contribution < -0.4 is 15.4 Å². The van der Waals surface area contributed by atoms with Crippen LogP contribution in [0.25, 0.3) is 0 Å². The number of thiocarbonyl (C=S) groups is 1. The number of hydrogen-bond donors (Lipinski definition) is 2. The Labute approximate surface area is 149 Å². The van der Waals surface area contributed by atoms with Gasteiger partial charge in [-0.05, 0) is 49.7 Å². The van der Waals surface area contributed by atoms with Gasteiger partial charge in [0.25, 0.3) is 0 Å². The van der Waals surface area contributed by atoms with Crippen LogP contribution in [0.3, 0.4) is 0 Å². The molecule has 0 heterocycles. The molecule has 3 nitrogen and oxygen atoms in total. The van der Waals surface area contributed by atoms with E-state index >= 15 is 0 Å². The molecule has 2 rings (SSSR count). The van der Waals surface area contributed by atoms with Crippen LogP contribution in [0.2, 0.25) is 0 Å². The monoisotopic (exact) mass is 340 g/mol. The van der Waals surface area contributed by atoms with Crippen molar-refractivity contribution < 1.29 is 4.74 Å². The van der Waals surface area contributed by atoms with Gasteiger partial charge in [-0.15, -0.1) is 0 Å². The minimum atomic E-state index is 0.297. The third kappa shape index (κ3) is 6.42. The Kier molecular flexibility index (Phi) is 7.30. The van der Waals surface area contributed by atoms with Crippen LogP contribution in [0.4, 0.5) is 5.69 Å². The first kappa shape index (κ1) is 18.0. The summed E-state index contributed by atoms with van der Waals surface area (Å²) in [7, 11) is 0. The first-order valence-electron chi connectivity index (χ1n) is 8.12. The van der Waals surface area contributed by atoms with E-state index in [9.17, 15) is 0 Å². The van der Waals surface area contributed by atoms with Crippen molar-refractivity contribution in [2.45, 2.75) is 25.8 Å². The molecule has 0 spiro atoms. The molecule has 0 radical (unpaired) electrons. The predicted octanol–water partition coefficient (Wildman–Crippen LogP) is 4.56. The summed E-state index contributed by atoms with van der Waals surface area (Å²) in [6.07, 6.45) is 3.78. The molecule has 0 amide bonds. The Morgan fingerprint density at radius 2 is 2.00 bits per heavy atom. The molecule has 0 aromatic heterocycles. The first-order chi connectivity index (χ1) is 11.7.